The largest absolute Gasteiger partial charge is 0.374 e. The van der Waals surface area contributed by atoms with Gasteiger partial charge in [0.05, 0.1) is 11.4 Å². The molecule has 0 bridgehead atoms. The maximum atomic E-state index is 13.1. The second-order valence-electron chi connectivity index (χ2n) is 5.69. The fraction of sp³-hybridized carbons (Fsp3) is 0.467. The van der Waals surface area contributed by atoms with Gasteiger partial charge in [-0.1, -0.05) is 48.8 Å². The minimum atomic E-state index is -3.56. The summed E-state index contributed by atoms with van der Waals surface area (Å²) in [6.07, 6.45) is 5.07. The quantitative estimate of drug-likeness (QED) is 0.893. The second kappa shape index (κ2) is 6.94. The fourth-order valence-electron chi connectivity index (χ4n) is 2.97. The first-order valence-corrected chi connectivity index (χ1v) is 9.98. The van der Waals surface area contributed by atoms with E-state index in [4.69, 9.17) is 5.73 Å². The molecule has 1 aliphatic carbocycles. The van der Waals surface area contributed by atoms with E-state index in [9.17, 15) is 8.42 Å². The van der Waals surface area contributed by atoms with Crippen LogP contribution < -0.4 is 5.73 Å². The smallest absolute Gasteiger partial charge is 0.243 e. The van der Waals surface area contributed by atoms with Crippen LogP contribution >= 0.6 is 11.3 Å². The van der Waals surface area contributed by atoms with E-state index in [1.165, 1.54) is 17.8 Å². The lowest BCUT2D eigenvalue weighted by molar-refractivity contribution is 0.247. The number of nitrogens with zero attached hydrogens (tertiary/aromatic N) is 3. The van der Waals surface area contributed by atoms with E-state index in [1.807, 2.05) is 6.07 Å². The Kier molecular flexibility index (Phi) is 4.93. The molecule has 2 N–H and O–H groups in total. The first-order chi connectivity index (χ1) is 11.1. The topological polar surface area (TPSA) is 89.2 Å². The number of aromatic nitrogens is 2. The highest BCUT2D eigenvalue weighted by atomic mass is 32.2. The van der Waals surface area contributed by atoms with Crippen LogP contribution in [0.1, 0.15) is 37.1 Å². The minimum Gasteiger partial charge on any atom is -0.374 e. The molecule has 0 spiro atoms. The molecule has 0 atom stereocenters. The zero-order valence-electron chi connectivity index (χ0n) is 12.8. The predicted octanol–water partition coefficient (Wildman–Crippen LogP) is 2.64. The van der Waals surface area contributed by atoms with Crippen LogP contribution in [-0.2, 0) is 16.6 Å². The van der Waals surface area contributed by atoms with E-state index < -0.39 is 10.0 Å². The van der Waals surface area contributed by atoms with E-state index in [0.717, 1.165) is 25.7 Å². The van der Waals surface area contributed by atoms with Gasteiger partial charge >= 0.3 is 0 Å². The van der Waals surface area contributed by atoms with Gasteiger partial charge in [-0.25, -0.2) is 8.42 Å². The van der Waals surface area contributed by atoms with Gasteiger partial charge in [-0.2, -0.15) is 4.31 Å². The van der Waals surface area contributed by atoms with Crippen LogP contribution in [0.3, 0.4) is 0 Å². The molecule has 3 rings (SSSR count). The lowest BCUT2D eigenvalue weighted by Gasteiger charge is -2.32. The molecule has 8 heteroatoms. The zero-order valence-corrected chi connectivity index (χ0v) is 14.4. The molecule has 6 nitrogen and oxygen atoms in total. The second-order valence-corrected chi connectivity index (χ2v) is 8.67. The van der Waals surface area contributed by atoms with Gasteiger partial charge in [0, 0.05) is 6.04 Å². The molecule has 1 saturated carbocycles. The summed E-state index contributed by atoms with van der Waals surface area (Å²) in [4.78, 5) is 0.322. The van der Waals surface area contributed by atoms with Crippen molar-refractivity contribution in [3.8, 4) is 0 Å². The first kappa shape index (κ1) is 16.4. The first-order valence-electron chi connectivity index (χ1n) is 7.72. The van der Waals surface area contributed by atoms with E-state index in [1.54, 1.807) is 28.6 Å². The standard InChI is InChI=1S/C15H20N4O2S2/c16-15-18-17-14(22-15)11-19(12-7-3-1-4-8-12)23(20,21)13-9-5-2-6-10-13/h2,5-6,9-10,12H,1,3-4,7-8,11H2,(H2,16,18). The van der Waals surface area contributed by atoms with Crippen molar-refractivity contribution in [1.82, 2.24) is 14.5 Å². The van der Waals surface area contributed by atoms with Crippen LogP contribution in [0.15, 0.2) is 35.2 Å². The van der Waals surface area contributed by atoms with Crippen LogP contribution in [0.5, 0.6) is 0 Å². The van der Waals surface area contributed by atoms with E-state index in [0.29, 0.717) is 15.0 Å². The van der Waals surface area contributed by atoms with Gasteiger partial charge in [0.15, 0.2) is 0 Å². The van der Waals surface area contributed by atoms with Gasteiger partial charge in [-0.3, -0.25) is 0 Å². The summed E-state index contributed by atoms with van der Waals surface area (Å²) in [5.74, 6) is 0. The Bertz CT molecular complexity index is 740. The molecular formula is C15H20N4O2S2. The van der Waals surface area contributed by atoms with Gasteiger partial charge in [0.25, 0.3) is 0 Å². The molecule has 1 aliphatic rings. The molecule has 0 radical (unpaired) electrons. The lowest BCUT2D eigenvalue weighted by atomic mass is 9.95. The van der Waals surface area contributed by atoms with Gasteiger partial charge in [0.1, 0.15) is 5.01 Å². The fourth-order valence-corrected chi connectivity index (χ4v) is 5.33. The highest BCUT2D eigenvalue weighted by molar-refractivity contribution is 7.89. The molecule has 124 valence electrons. The Morgan fingerprint density at radius 1 is 1.13 bits per heavy atom. The summed E-state index contributed by atoms with van der Waals surface area (Å²) in [7, 11) is -3.56. The van der Waals surface area contributed by atoms with Crippen molar-refractivity contribution >= 4 is 26.5 Å². The number of sulfonamides is 1. The van der Waals surface area contributed by atoms with Gasteiger partial charge in [0.2, 0.25) is 15.2 Å². The molecule has 0 unspecified atom stereocenters. The van der Waals surface area contributed by atoms with E-state index in [-0.39, 0.29) is 12.6 Å². The third-order valence-corrected chi connectivity index (χ3v) is 6.76. The zero-order chi connectivity index (χ0) is 16.3. The molecule has 1 aromatic heterocycles. The van der Waals surface area contributed by atoms with E-state index >= 15 is 0 Å². The Hall–Kier alpha value is -1.51. The highest BCUT2D eigenvalue weighted by Gasteiger charge is 2.33. The summed E-state index contributed by atoms with van der Waals surface area (Å²) in [6.45, 7) is 0.233. The maximum Gasteiger partial charge on any atom is 0.243 e. The molecule has 1 aromatic carbocycles. The Balaban J connectivity index is 1.93. The van der Waals surface area contributed by atoms with Gasteiger partial charge in [-0.05, 0) is 25.0 Å². The summed E-state index contributed by atoms with van der Waals surface area (Å²) >= 11 is 1.24. The molecule has 1 fully saturated rings. The van der Waals surface area contributed by atoms with Crippen molar-refractivity contribution in [2.75, 3.05) is 5.73 Å². The van der Waals surface area contributed by atoms with Crippen molar-refractivity contribution in [2.24, 2.45) is 0 Å². The Morgan fingerprint density at radius 3 is 2.43 bits per heavy atom. The van der Waals surface area contributed by atoms with Crippen LogP contribution in [-0.4, -0.2) is 29.0 Å². The third-order valence-electron chi connectivity index (χ3n) is 4.11. The Morgan fingerprint density at radius 2 is 1.83 bits per heavy atom. The number of hydrogen-bond acceptors (Lipinski definition) is 6. The number of rotatable bonds is 5. The van der Waals surface area contributed by atoms with Crippen LogP contribution in [0, 0.1) is 0 Å². The van der Waals surface area contributed by atoms with Crippen molar-refractivity contribution < 1.29 is 8.42 Å². The highest BCUT2D eigenvalue weighted by Crippen LogP contribution is 2.30. The summed E-state index contributed by atoms with van der Waals surface area (Å²) in [6, 6.07) is 8.59. The summed E-state index contributed by atoms with van der Waals surface area (Å²) in [5, 5.41) is 8.78. The van der Waals surface area contributed by atoms with Crippen LogP contribution in [0.2, 0.25) is 0 Å². The molecule has 0 saturated heterocycles. The molecule has 23 heavy (non-hydrogen) atoms. The van der Waals surface area contributed by atoms with Gasteiger partial charge in [-0.15, -0.1) is 10.2 Å². The van der Waals surface area contributed by atoms with Crippen LogP contribution in [0.4, 0.5) is 5.13 Å². The summed E-state index contributed by atoms with van der Waals surface area (Å²) in [5.41, 5.74) is 5.63. The average Bonchev–Trinajstić information content (AvgIpc) is 2.99. The van der Waals surface area contributed by atoms with Crippen molar-refractivity contribution in [2.45, 2.75) is 49.6 Å². The van der Waals surface area contributed by atoms with E-state index in [2.05, 4.69) is 10.2 Å². The number of nitrogens with two attached hydrogens (primary N) is 1. The summed E-state index contributed by atoms with van der Waals surface area (Å²) < 4.78 is 27.8. The molecule has 2 aromatic rings. The average molecular weight is 352 g/mol. The molecule has 1 heterocycles. The molecule has 0 amide bonds. The van der Waals surface area contributed by atoms with Crippen molar-refractivity contribution in [3.05, 3.63) is 35.3 Å². The number of nitrogen functional groups attached to an aromatic ring is 1. The monoisotopic (exact) mass is 352 g/mol. The lowest BCUT2D eigenvalue weighted by Crippen LogP contribution is -2.40. The normalized spacial score (nSPS) is 16.7. The predicted molar refractivity (Wildman–Crippen MR) is 90.4 cm³/mol. The maximum absolute atomic E-state index is 13.1. The molecule has 0 aliphatic heterocycles. The third kappa shape index (κ3) is 3.70. The number of anilines is 1. The SMILES string of the molecule is Nc1nnc(CN(C2CCCCC2)S(=O)(=O)c2ccccc2)s1. The minimum absolute atomic E-state index is 0.0130. The van der Waals surface area contributed by atoms with Crippen molar-refractivity contribution in [1.29, 1.82) is 0 Å². The number of benzene rings is 1. The van der Waals surface area contributed by atoms with Gasteiger partial charge < -0.3 is 5.73 Å². The number of hydrogen-bond donors (Lipinski definition) is 1. The van der Waals surface area contributed by atoms with Crippen LogP contribution in [0.25, 0.3) is 0 Å². The Labute approximate surface area is 140 Å². The molecular weight excluding hydrogens is 332 g/mol. The van der Waals surface area contributed by atoms with Crippen molar-refractivity contribution in [3.63, 3.8) is 0 Å².